The molecule has 3 aromatic heterocycles. The molecular weight excluding hydrogens is 294 g/mol. The molecule has 0 aliphatic carbocycles. The molecule has 0 saturated carbocycles. The lowest BCUT2D eigenvalue weighted by Crippen LogP contribution is -2.38. The smallest absolute Gasteiger partial charge is 0.140 e. The number of hydrogen-bond donors (Lipinski definition) is 0. The normalized spacial score (nSPS) is 16.4. The number of thiophene rings is 1. The third-order valence-corrected chi connectivity index (χ3v) is 5.07. The Morgan fingerprint density at radius 3 is 2.86 bits per heavy atom. The van der Waals surface area contributed by atoms with E-state index in [1.54, 1.807) is 11.3 Å². The Hall–Kier alpha value is -1.69. The van der Waals surface area contributed by atoms with Crippen molar-refractivity contribution in [3.8, 4) is 10.6 Å². The topological polar surface area (TPSA) is 30.3 Å². The van der Waals surface area contributed by atoms with Gasteiger partial charge in [-0.2, -0.15) is 0 Å². The van der Waals surface area contributed by atoms with Gasteiger partial charge in [-0.05, 0) is 29.6 Å². The fraction of sp³-hybridized carbons (Fsp3) is 0.353. The van der Waals surface area contributed by atoms with Gasteiger partial charge in [-0.1, -0.05) is 6.07 Å². The Morgan fingerprint density at radius 1 is 1.14 bits per heavy atom. The van der Waals surface area contributed by atoms with Crippen molar-refractivity contribution in [3.05, 3.63) is 41.9 Å². The van der Waals surface area contributed by atoms with E-state index >= 15 is 0 Å². The predicted octanol–water partition coefficient (Wildman–Crippen LogP) is 3.10. The lowest BCUT2D eigenvalue weighted by molar-refractivity contribution is 0.0366. The van der Waals surface area contributed by atoms with Crippen molar-refractivity contribution in [2.45, 2.75) is 6.54 Å². The van der Waals surface area contributed by atoms with Crippen LogP contribution in [-0.2, 0) is 11.3 Å². The van der Waals surface area contributed by atoms with E-state index in [0.29, 0.717) is 0 Å². The number of ether oxygens (including phenoxy) is 1. The van der Waals surface area contributed by atoms with Crippen LogP contribution in [0.4, 0.5) is 0 Å². The van der Waals surface area contributed by atoms with Gasteiger partial charge in [-0.25, -0.2) is 4.98 Å². The number of nitrogens with zero attached hydrogens (tertiary/aromatic N) is 3. The van der Waals surface area contributed by atoms with Gasteiger partial charge < -0.3 is 9.30 Å². The van der Waals surface area contributed by atoms with Crippen molar-refractivity contribution < 1.29 is 4.74 Å². The van der Waals surface area contributed by atoms with Crippen LogP contribution in [0.1, 0.15) is 0 Å². The molecule has 0 atom stereocenters. The number of fused-ring (bicyclic) bond motifs is 1. The summed E-state index contributed by atoms with van der Waals surface area (Å²) >= 11 is 1.78. The van der Waals surface area contributed by atoms with Crippen LogP contribution >= 0.6 is 11.3 Å². The summed E-state index contributed by atoms with van der Waals surface area (Å²) in [7, 11) is 0. The van der Waals surface area contributed by atoms with Gasteiger partial charge in [0.2, 0.25) is 0 Å². The first kappa shape index (κ1) is 13.9. The molecule has 0 aromatic carbocycles. The van der Waals surface area contributed by atoms with Crippen LogP contribution in [0.3, 0.4) is 0 Å². The molecule has 3 aromatic rings. The largest absolute Gasteiger partial charge is 0.379 e. The summed E-state index contributed by atoms with van der Waals surface area (Å²) in [4.78, 5) is 8.37. The highest BCUT2D eigenvalue weighted by Crippen LogP contribution is 2.30. The maximum atomic E-state index is 5.43. The molecule has 0 bridgehead atoms. The molecule has 4 heterocycles. The van der Waals surface area contributed by atoms with Crippen molar-refractivity contribution in [2.24, 2.45) is 0 Å². The van der Waals surface area contributed by atoms with Crippen LogP contribution < -0.4 is 0 Å². The van der Waals surface area contributed by atoms with Gasteiger partial charge in [0, 0.05) is 37.8 Å². The van der Waals surface area contributed by atoms with Crippen molar-refractivity contribution in [1.82, 2.24) is 14.5 Å². The van der Waals surface area contributed by atoms with Crippen molar-refractivity contribution in [3.63, 3.8) is 0 Å². The molecule has 0 unspecified atom stereocenters. The van der Waals surface area contributed by atoms with E-state index in [-0.39, 0.29) is 0 Å². The Bertz CT molecular complexity index is 744. The molecule has 1 fully saturated rings. The molecule has 0 amide bonds. The van der Waals surface area contributed by atoms with Gasteiger partial charge >= 0.3 is 0 Å². The Kier molecular flexibility index (Phi) is 3.93. The Labute approximate surface area is 134 Å². The van der Waals surface area contributed by atoms with E-state index in [2.05, 4.69) is 44.1 Å². The van der Waals surface area contributed by atoms with Gasteiger partial charge in [0.15, 0.2) is 0 Å². The van der Waals surface area contributed by atoms with Crippen LogP contribution in [0.2, 0.25) is 0 Å². The SMILES string of the molecule is c1csc(-c2cc3cccnc3n2CCN2CCOCC2)c1. The van der Waals surface area contributed by atoms with Crippen LogP contribution in [0, 0.1) is 0 Å². The fourth-order valence-electron chi connectivity index (χ4n) is 3.01. The zero-order valence-corrected chi connectivity index (χ0v) is 13.3. The van der Waals surface area contributed by atoms with Crippen LogP contribution in [0.15, 0.2) is 41.9 Å². The second kappa shape index (κ2) is 6.20. The number of morpholine rings is 1. The van der Waals surface area contributed by atoms with Gasteiger partial charge in [-0.3, -0.25) is 4.90 Å². The standard InChI is InChI=1S/C17H19N3OS/c1-3-14-13-15(16-4-2-12-22-16)20(17(14)18-5-1)7-6-19-8-10-21-11-9-19/h1-5,12-13H,6-11H2. The highest BCUT2D eigenvalue weighted by Gasteiger charge is 2.15. The van der Waals surface area contributed by atoms with Gasteiger partial charge in [0.1, 0.15) is 5.65 Å². The minimum absolute atomic E-state index is 0.850. The van der Waals surface area contributed by atoms with Crippen LogP contribution in [-0.4, -0.2) is 47.3 Å². The molecule has 22 heavy (non-hydrogen) atoms. The third-order valence-electron chi connectivity index (χ3n) is 4.17. The Morgan fingerprint density at radius 2 is 2.05 bits per heavy atom. The lowest BCUT2D eigenvalue weighted by Gasteiger charge is -2.27. The van der Waals surface area contributed by atoms with Crippen molar-refractivity contribution >= 4 is 22.4 Å². The molecule has 1 aliphatic rings. The predicted molar refractivity (Wildman–Crippen MR) is 90.3 cm³/mol. The highest BCUT2D eigenvalue weighted by molar-refractivity contribution is 7.13. The summed E-state index contributed by atoms with van der Waals surface area (Å²) in [5, 5.41) is 3.35. The monoisotopic (exact) mass is 313 g/mol. The lowest BCUT2D eigenvalue weighted by atomic mass is 10.3. The number of pyridine rings is 1. The fourth-order valence-corrected chi connectivity index (χ4v) is 3.76. The van der Waals surface area contributed by atoms with Crippen LogP contribution in [0.25, 0.3) is 21.6 Å². The quantitative estimate of drug-likeness (QED) is 0.741. The van der Waals surface area contributed by atoms with E-state index < -0.39 is 0 Å². The number of aromatic nitrogens is 2. The molecule has 0 spiro atoms. The third kappa shape index (κ3) is 2.67. The second-order valence-electron chi connectivity index (χ2n) is 5.53. The average Bonchev–Trinajstić information content (AvgIpc) is 3.21. The van der Waals surface area contributed by atoms with E-state index in [9.17, 15) is 0 Å². The summed E-state index contributed by atoms with van der Waals surface area (Å²) in [6.45, 7) is 5.77. The zero-order chi connectivity index (χ0) is 14.8. The van der Waals surface area contributed by atoms with E-state index in [0.717, 1.165) is 45.0 Å². The number of rotatable bonds is 4. The van der Waals surface area contributed by atoms with Crippen LogP contribution in [0.5, 0.6) is 0 Å². The summed E-state index contributed by atoms with van der Waals surface area (Å²) < 4.78 is 7.79. The van der Waals surface area contributed by atoms with Gasteiger partial charge in [0.25, 0.3) is 0 Å². The molecule has 114 valence electrons. The zero-order valence-electron chi connectivity index (χ0n) is 12.4. The van der Waals surface area contributed by atoms with E-state index in [1.807, 2.05) is 12.3 Å². The van der Waals surface area contributed by atoms with Crippen molar-refractivity contribution in [2.75, 3.05) is 32.8 Å². The summed E-state index contributed by atoms with van der Waals surface area (Å²) in [6, 6.07) is 10.7. The second-order valence-corrected chi connectivity index (χ2v) is 6.48. The van der Waals surface area contributed by atoms with Crippen molar-refractivity contribution in [1.29, 1.82) is 0 Å². The number of hydrogen-bond acceptors (Lipinski definition) is 4. The van der Waals surface area contributed by atoms with E-state index in [1.165, 1.54) is 16.0 Å². The first-order valence-corrected chi connectivity index (χ1v) is 8.58. The minimum Gasteiger partial charge on any atom is -0.379 e. The summed E-state index contributed by atoms with van der Waals surface area (Å²) in [5.74, 6) is 0. The maximum Gasteiger partial charge on any atom is 0.140 e. The minimum atomic E-state index is 0.850. The van der Waals surface area contributed by atoms with Gasteiger partial charge in [-0.15, -0.1) is 11.3 Å². The molecule has 5 heteroatoms. The Balaban J connectivity index is 1.66. The molecule has 1 saturated heterocycles. The first-order chi connectivity index (χ1) is 10.9. The molecule has 0 N–H and O–H groups in total. The highest BCUT2D eigenvalue weighted by atomic mass is 32.1. The average molecular weight is 313 g/mol. The van der Waals surface area contributed by atoms with E-state index in [4.69, 9.17) is 4.74 Å². The molecule has 0 radical (unpaired) electrons. The molecule has 1 aliphatic heterocycles. The van der Waals surface area contributed by atoms with Gasteiger partial charge in [0.05, 0.1) is 23.8 Å². The summed E-state index contributed by atoms with van der Waals surface area (Å²) in [6.07, 6.45) is 1.88. The first-order valence-electron chi connectivity index (χ1n) is 7.70. The molecule has 4 rings (SSSR count). The molecule has 4 nitrogen and oxygen atoms in total. The summed E-state index contributed by atoms with van der Waals surface area (Å²) in [5.41, 5.74) is 2.36. The maximum absolute atomic E-state index is 5.43. The molecular formula is C17H19N3OS.